The van der Waals surface area contributed by atoms with Crippen molar-refractivity contribution < 1.29 is 4.79 Å². The van der Waals surface area contributed by atoms with Gasteiger partial charge in [0.05, 0.1) is 11.8 Å². The van der Waals surface area contributed by atoms with Crippen LogP contribution in [0.3, 0.4) is 0 Å². The predicted octanol–water partition coefficient (Wildman–Crippen LogP) is 4.04. The molecular weight excluding hydrogens is 300 g/mol. The SMILES string of the molecule is Cc1ccc(SCC(=O)[C@@H](C#N)c2nc(C)cs2)c(C)c1. The first kappa shape index (κ1) is 15.7. The Labute approximate surface area is 133 Å². The van der Waals surface area contributed by atoms with Crippen LogP contribution in [-0.2, 0) is 4.79 Å². The Bertz CT molecular complexity index is 701. The van der Waals surface area contributed by atoms with Gasteiger partial charge < -0.3 is 0 Å². The second kappa shape index (κ2) is 6.88. The van der Waals surface area contributed by atoms with Crippen LogP contribution in [0.5, 0.6) is 0 Å². The largest absolute Gasteiger partial charge is 0.297 e. The summed E-state index contributed by atoms with van der Waals surface area (Å²) in [6, 6.07) is 8.23. The fraction of sp³-hybridized carbons (Fsp3) is 0.312. The maximum absolute atomic E-state index is 12.3. The molecule has 3 nitrogen and oxygen atoms in total. The Kier molecular flexibility index (Phi) is 5.16. The highest BCUT2D eigenvalue weighted by Crippen LogP contribution is 2.27. The van der Waals surface area contributed by atoms with Crippen LogP contribution in [0.4, 0.5) is 0 Å². The van der Waals surface area contributed by atoms with Crippen molar-refractivity contribution in [3.63, 3.8) is 0 Å². The quantitative estimate of drug-likeness (QED) is 0.781. The number of Topliss-reactive ketones (excluding diaryl/α,β-unsaturated/α-hetero) is 1. The third-order valence-corrected chi connectivity index (χ3v) is 5.26. The van der Waals surface area contributed by atoms with Crippen LogP contribution in [0, 0.1) is 32.1 Å². The topological polar surface area (TPSA) is 53.8 Å². The minimum absolute atomic E-state index is 0.0863. The van der Waals surface area contributed by atoms with E-state index in [0.29, 0.717) is 10.8 Å². The van der Waals surface area contributed by atoms with E-state index in [9.17, 15) is 10.1 Å². The van der Waals surface area contributed by atoms with E-state index in [1.807, 2.05) is 38.3 Å². The number of carbonyl (C=O) groups is 1. The molecule has 2 aromatic rings. The van der Waals surface area contributed by atoms with E-state index in [0.717, 1.165) is 16.2 Å². The molecule has 0 radical (unpaired) electrons. The van der Waals surface area contributed by atoms with Crippen LogP contribution in [0.25, 0.3) is 0 Å². The molecule has 21 heavy (non-hydrogen) atoms. The molecule has 0 unspecified atom stereocenters. The minimum Gasteiger partial charge on any atom is -0.297 e. The number of aromatic nitrogens is 1. The minimum atomic E-state index is -0.748. The molecule has 1 heterocycles. The molecule has 2 rings (SSSR count). The lowest BCUT2D eigenvalue weighted by Gasteiger charge is -2.08. The van der Waals surface area contributed by atoms with Crippen LogP contribution >= 0.6 is 23.1 Å². The number of benzene rings is 1. The highest BCUT2D eigenvalue weighted by atomic mass is 32.2. The molecular formula is C16H16N2OS2. The number of carbonyl (C=O) groups excluding carboxylic acids is 1. The lowest BCUT2D eigenvalue weighted by atomic mass is 10.1. The van der Waals surface area contributed by atoms with Gasteiger partial charge >= 0.3 is 0 Å². The summed E-state index contributed by atoms with van der Waals surface area (Å²) in [5.74, 6) is -0.542. The van der Waals surface area contributed by atoms with Crippen LogP contribution in [0.15, 0.2) is 28.5 Å². The number of hydrogen-bond acceptors (Lipinski definition) is 5. The van der Waals surface area contributed by atoms with Gasteiger partial charge in [-0.1, -0.05) is 17.7 Å². The Hall–Kier alpha value is -1.64. The van der Waals surface area contributed by atoms with Crippen molar-refractivity contribution in [3.8, 4) is 6.07 Å². The lowest BCUT2D eigenvalue weighted by molar-refractivity contribution is -0.116. The molecule has 108 valence electrons. The monoisotopic (exact) mass is 316 g/mol. The van der Waals surface area contributed by atoms with Gasteiger partial charge in [0.15, 0.2) is 11.7 Å². The molecule has 0 saturated heterocycles. The number of ketones is 1. The predicted molar refractivity (Wildman–Crippen MR) is 86.9 cm³/mol. The Morgan fingerprint density at radius 3 is 2.76 bits per heavy atom. The van der Waals surface area contributed by atoms with E-state index in [-0.39, 0.29) is 5.78 Å². The first-order valence-corrected chi connectivity index (χ1v) is 8.42. The summed E-state index contributed by atoms with van der Waals surface area (Å²) in [5.41, 5.74) is 3.22. The highest BCUT2D eigenvalue weighted by Gasteiger charge is 2.23. The molecule has 0 N–H and O–H groups in total. The lowest BCUT2D eigenvalue weighted by Crippen LogP contribution is -2.13. The molecule has 0 fully saturated rings. The van der Waals surface area contributed by atoms with E-state index in [1.165, 1.54) is 28.7 Å². The van der Waals surface area contributed by atoms with Gasteiger partial charge in [-0.15, -0.1) is 23.1 Å². The molecule has 1 aromatic carbocycles. The molecule has 1 aromatic heterocycles. The number of thiazole rings is 1. The summed E-state index contributed by atoms with van der Waals surface area (Å²) < 4.78 is 0. The van der Waals surface area contributed by atoms with Crippen molar-refractivity contribution in [3.05, 3.63) is 45.4 Å². The fourth-order valence-electron chi connectivity index (χ4n) is 1.96. The number of rotatable bonds is 5. The van der Waals surface area contributed by atoms with Gasteiger partial charge in [-0.25, -0.2) is 4.98 Å². The molecule has 0 aliphatic rings. The average Bonchev–Trinajstić information content (AvgIpc) is 2.85. The van der Waals surface area contributed by atoms with E-state index in [2.05, 4.69) is 17.1 Å². The van der Waals surface area contributed by atoms with Crippen molar-refractivity contribution in [2.24, 2.45) is 0 Å². The zero-order valence-corrected chi connectivity index (χ0v) is 13.8. The molecule has 0 saturated carbocycles. The zero-order valence-electron chi connectivity index (χ0n) is 12.2. The van der Waals surface area contributed by atoms with Gasteiger partial charge in [0.2, 0.25) is 0 Å². The first-order chi connectivity index (χ1) is 10.0. The van der Waals surface area contributed by atoms with Crippen molar-refractivity contribution in [2.45, 2.75) is 31.6 Å². The van der Waals surface area contributed by atoms with E-state index < -0.39 is 5.92 Å². The number of nitrogens with zero attached hydrogens (tertiary/aromatic N) is 2. The molecule has 0 amide bonds. The summed E-state index contributed by atoms with van der Waals surface area (Å²) >= 11 is 2.86. The van der Waals surface area contributed by atoms with Gasteiger partial charge in [0.1, 0.15) is 5.01 Å². The second-order valence-corrected chi connectivity index (χ2v) is 6.82. The summed E-state index contributed by atoms with van der Waals surface area (Å²) in [4.78, 5) is 17.6. The first-order valence-electron chi connectivity index (χ1n) is 6.55. The molecule has 0 aliphatic carbocycles. The number of nitriles is 1. The Balaban J connectivity index is 2.05. The summed E-state index contributed by atoms with van der Waals surface area (Å²) in [7, 11) is 0. The van der Waals surface area contributed by atoms with Gasteiger partial charge in [0.25, 0.3) is 0 Å². The summed E-state index contributed by atoms with van der Waals surface area (Å²) in [6.07, 6.45) is 0. The zero-order chi connectivity index (χ0) is 15.4. The normalized spacial score (nSPS) is 11.9. The summed E-state index contributed by atoms with van der Waals surface area (Å²) in [6.45, 7) is 5.94. The van der Waals surface area contributed by atoms with Crippen molar-refractivity contribution in [2.75, 3.05) is 5.75 Å². The van der Waals surface area contributed by atoms with Crippen molar-refractivity contribution in [1.82, 2.24) is 4.98 Å². The summed E-state index contributed by atoms with van der Waals surface area (Å²) in [5, 5.41) is 11.7. The van der Waals surface area contributed by atoms with Crippen molar-refractivity contribution >= 4 is 28.9 Å². The maximum atomic E-state index is 12.3. The van der Waals surface area contributed by atoms with Crippen LogP contribution in [0.1, 0.15) is 27.7 Å². The Morgan fingerprint density at radius 2 is 2.19 bits per heavy atom. The average molecular weight is 316 g/mol. The molecule has 1 atom stereocenters. The second-order valence-electron chi connectivity index (χ2n) is 4.91. The number of hydrogen-bond donors (Lipinski definition) is 0. The van der Waals surface area contributed by atoms with Crippen LogP contribution in [0.2, 0.25) is 0 Å². The van der Waals surface area contributed by atoms with Crippen molar-refractivity contribution in [1.29, 1.82) is 5.26 Å². The van der Waals surface area contributed by atoms with Gasteiger partial charge in [0, 0.05) is 16.0 Å². The van der Waals surface area contributed by atoms with Gasteiger partial charge in [-0.2, -0.15) is 5.26 Å². The smallest absolute Gasteiger partial charge is 0.167 e. The fourth-order valence-corrected chi connectivity index (χ4v) is 3.74. The Morgan fingerprint density at radius 1 is 1.43 bits per heavy atom. The van der Waals surface area contributed by atoms with Crippen LogP contribution in [-0.4, -0.2) is 16.5 Å². The highest BCUT2D eigenvalue weighted by molar-refractivity contribution is 8.00. The molecule has 0 aliphatic heterocycles. The van der Waals surface area contributed by atoms with E-state index >= 15 is 0 Å². The number of aryl methyl sites for hydroxylation is 3. The van der Waals surface area contributed by atoms with Gasteiger partial charge in [-0.05, 0) is 32.4 Å². The maximum Gasteiger partial charge on any atom is 0.167 e. The van der Waals surface area contributed by atoms with E-state index in [4.69, 9.17) is 0 Å². The van der Waals surface area contributed by atoms with Crippen LogP contribution < -0.4 is 0 Å². The van der Waals surface area contributed by atoms with Gasteiger partial charge in [-0.3, -0.25) is 4.79 Å². The number of thioether (sulfide) groups is 1. The van der Waals surface area contributed by atoms with E-state index in [1.54, 1.807) is 0 Å². The third kappa shape index (κ3) is 3.93. The standard InChI is InChI=1S/C16H16N2OS2/c1-10-4-5-15(11(2)6-10)20-9-14(19)13(7-17)16-18-12(3)8-21-16/h4-6,8,13H,9H2,1-3H3/t13-/m1/s1. The third-order valence-electron chi connectivity index (χ3n) is 3.04. The molecule has 5 heteroatoms. The molecule has 0 spiro atoms. The molecule has 0 bridgehead atoms.